The van der Waals surface area contributed by atoms with Gasteiger partial charge in [0, 0.05) is 31.2 Å². The standard InChI is InChI=1S/C12H15NO2/c1-10(14)5-4-7-12(15)9-11-6-2-3-8-13-11/h2-3,6,8H,4-5,7,9H2,1H3. The Balaban J connectivity index is 2.28. The van der Waals surface area contributed by atoms with Crippen molar-refractivity contribution in [3.8, 4) is 0 Å². The first-order valence-corrected chi connectivity index (χ1v) is 5.09. The number of carbonyl (C=O) groups is 2. The molecular weight excluding hydrogens is 190 g/mol. The monoisotopic (exact) mass is 205 g/mol. The van der Waals surface area contributed by atoms with Crippen LogP contribution in [-0.4, -0.2) is 16.6 Å². The Kier molecular flexibility index (Phi) is 4.68. The van der Waals surface area contributed by atoms with Crippen LogP contribution in [0.5, 0.6) is 0 Å². The zero-order valence-corrected chi connectivity index (χ0v) is 8.90. The normalized spacial score (nSPS) is 9.93. The summed E-state index contributed by atoms with van der Waals surface area (Å²) in [6.45, 7) is 1.54. The van der Waals surface area contributed by atoms with Crippen LogP contribution in [0.3, 0.4) is 0 Å². The first-order chi connectivity index (χ1) is 7.18. The number of Topliss-reactive ketones (excluding diaryl/α,β-unsaturated/α-hetero) is 2. The van der Waals surface area contributed by atoms with Crippen LogP contribution in [0.2, 0.25) is 0 Å². The first kappa shape index (κ1) is 11.6. The predicted octanol–water partition coefficient (Wildman–Crippen LogP) is 1.95. The molecule has 1 rings (SSSR count). The molecule has 1 aromatic rings. The molecule has 0 aromatic carbocycles. The van der Waals surface area contributed by atoms with Crippen LogP contribution in [0.4, 0.5) is 0 Å². The van der Waals surface area contributed by atoms with Crippen molar-refractivity contribution in [2.75, 3.05) is 0 Å². The van der Waals surface area contributed by atoms with E-state index in [4.69, 9.17) is 0 Å². The number of hydrogen-bond acceptors (Lipinski definition) is 3. The van der Waals surface area contributed by atoms with E-state index in [1.54, 1.807) is 13.1 Å². The van der Waals surface area contributed by atoms with Crippen LogP contribution in [0.15, 0.2) is 24.4 Å². The van der Waals surface area contributed by atoms with Gasteiger partial charge in [-0.1, -0.05) is 6.07 Å². The molecule has 0 saturated heterocycles. The van der Waals surface area contributed by atoms with Crippen LogP contribution < -0.4 is 0 Å². The zero-order valence-electron chi connectivity index (χ0n) is 8.90. The Bertz CT molecular complexity index is 333. The van der Waals surface area contributed by atoms with Crippen LogP contribution >= 0.6 is 0 Å². The quantitative estimate of drug-likeness (QED) is 0.713. The van der Waals surface area contributed by atoms with Crippen molar-refractivity contribution in [3.05, 3.63) is 30.1 Å². The van der Waals surface area contributed by atoms with Crippen LogP contribution in [0.1, 0.15) is 31.9 Å². The second-order valence-corrected chi connectivity index (χ2v) is 3.59. The SMILES string of the molecule is CC(=O)CCCC(=O)Cc1ccccn1. The molecule has 3 nitrogen and oxygen atoms in total. The average molecular weight is 205 g/mol. The lowest BCUT2D eigenvalue weighted by atomic mass is 10.1. The molecule has 0 amide bonds. The van der Waals surface area contributed by atoms with Gasteiger partial charge in [0.1, 0.15) is 11.6 Å². The number of ketones is 2. The number of hydrogen-bond donors (Lipinski definition) is 0. The molecule has 15 heavy (non-hydrogen) atoms. The zero-order chi connectivity index (χ0) is 11.1. The van der Waals surface area contributed by atoms with Gasteiger partial charge < -0.3 is 4.79 Å². The highest BCUT2D eigenvalue weighted by molar-refractivity contribution is 5.81. The van der Waals surface area contributed by atoms with Gasteiger partial charge in [0.2, 0.25) is 0 Å². The van der Waals surface area contributed by atoms with E-state index < -0.39 is 0 Å². The van der Waals surface area contributed by atoms with E-state index in [2.05, 4.69) is 4.98 Å². The van der Waals surface area contributed by atoms with Crippen LogP contribution in [0.25, 0.3) is 0 Å². The molecule has 0 saturated carbocycles. The average Bonchev–Trinajstić information content (AvgIpc) is 2.18. The van der Waals surface area contributed by atoms with E-state index in [9.17, 15) is 9.59 Å². The lowest BCUT2D eigenvalue weighted by molar-refractivity contribution is -0.119. The molecule has 1 heterocycles. The molecule has 0 spiro atoms. The molecular formula is C12H15NO2. The van der Waals surface area contributed by atoms with Gasteiger partial charge in [0.05, 0.1) is 0 Å². The number of rotatable bonds is 6. The van der Waals surface area contributed by atoms with Crippen molar-refractivity contribution in [1.82, 2.24) is 4.98 Å². The predicted molar refractivity (Wildman–Crippen MR) is 57.5 cm³/mol. The molecule has 0 bridgehead atoms. The van der Waals surface area contributed by atoms with Crippen molar-refractivity contribution < 1.29 is 9.59 Å². The van der Waals surface area contributed by atoms with Gasteiger partial charge in [-0.2, -0.15) is 0 Å². The van der Waals surface area contributed by atoms with Gasteiger partial charge in [-0.05, 0) is 25.5 Å². The third-order valence-electron chi connectivity index (χ3n) is 2.09. The summed E-state index contributed by atoms with van der Waals surface area (Å²) in [5.41, 5.74) is 0.797. The molecule has 0 atom stereocenters. The van der Waals surface area contributed by atoms with E-state index in [-0.39, 0.29) is 11.6 Å². The molecule has 0 aliphatic heterocycles. The van der Waals surface area contributed by atoms with Crippen molar-refractivity contribution in [2.24, 2.45) is 0 Å². The van der Waals surface area contributed by atoms with Crippen LogP contribution in [-0.2, 0) is 16.0 Å². The summed E-state index contributed by atoms with van der Waals surface area (Å²) < 4.78 is 0. The third kappa shape index (κ3) is 5.05. The highest BCUT2D eigenvalue weighted by Crippen LogP contribution is 2.02. The Hall–Kier alpha value is -1.51. The van der Waals surface area contributed by atoms with E-state index in [0.717, 1.165) is 5.69 Å². The second kappa shape index (κ2) is 6.06. The van der Waals surface area contributed by atoms with E-state index >= 15 is 0 Å². The molecule has 0 aliphatic rings. The van der Waals surface area contributed by atoms with Crippen LogP contribution in [0, 0.1) is 0 Å². The van der Waals surface area contributed by atoms with Crippen molar-refractivity contribution in [1.29, 1.82) is 0 Å². The summed E-state index contributed by atoms with van der Waals surface area (Å²) in [6.07, 6.45) is 3.67. The minimum atomic E-state index is 0.139. The third-order valence-corrected chi connectivity index (χ3v) is 2.09. The summed E-state index contributed by atoms with van der Waals surface area (Å²) >= 11 is 0. The Labute approximate surface area is 89.5 Å². The molecule has 0 aliphatic carbocycles. The van der Waals surface area contributed by atoms with Gasteiger partial charge in [0.15, 0.2) is 0 Å². The van der Waals surface area contributed by atoms with Gasteiger partial charge >= 0.3 is 0 Å². The first-order valence-electron chi connectivity index (χ1n) is 5.09. The topological polar surface area (TPSA) is 47.0 Å². The lowest BCUT2D eigenvalue weighted by Crippen LogP contribution is -2.04. The highest BCUT2D eigenvalue weighted by atomic mass is 16.1. The van der Waals surface area contributed by atoms with E-state index in [1.807, 2.05) is 18.2 Å². The van der Waals surface area contributed by atoms with Gasteiger partial charge in [-0.25, -0.2) is 0 Å². The Morgan fingerprint density at radius 3 is 2.67 bits per heavy atom. The fourth-order valence-electron chi connectivity index (χ4n) is 1.33. The Morgan fingerprint density at radius 1 is 1.27 bits per heavy atom. The van der Waals surface area contributed by atoms with Gasteiger partial charge in [-0.15, -0.1) is 0 Å². The molecule has 0 fully saturated rings. The summed E-state index contributed by atoms with van der Waals surface area (Å²) in [5.74, 6) is 0.288. The largest absolute Gasteiger partial charge is 0.300 e. The molecule has 80 valence electrons. The van der Waals surface area contributed by atoms with Gasteiger partial charge in [0.25, 0.3) is 0 Å². The van der Waals surface area contributed by atoms with E-state index in [0.29, 0.717) is 25.7 Å². The second-order valence-electron chi connectivity index (χ2n) is 3.59. The number of aromatic nitrogens is 1. The molecule has 0 radical (unpaired) electrons. The molecule has 1 aromatic heterocycles. The maximum absolute atomic E-state index is 11.4. The summed E-state index contributed by atoms with van der Waals surface area (Å²) in [5, 5.41) is 0. The highest BCUT2D eigenvalue weighted by Gasteiger charge is 2.04. The fraction of sp³-hybridized carbons (Fsp3) is 0.417. The van der Waals surface area contributed by atoms with Crippen molar-refractivity contribution in [2.45, 2.75) is 32.6 Å². The maximum atomic E-state index is 11.4. The summed E-state index contributed by atoms with van der Waals surface area (Å²) in [4.78, 5) is 26.2. The summed E-state index contributed by atoms with van der Waals surface area (Å²) in [7, 11) is 0. The molecule has 0 N–H and O–H groups in total. The van der Waals surface area contributed by atoms with E-state index in [1.165, 1.54) is 0 Å². The maximum Gasteiger partial charge on any atom is 0.138 e. The molecule has 3 heteroatoms. The minimum Gasteiger partial charge on any atom is -0.300 e. The minimum absolute atomic E-state index is 0.139. The smallest absolute Gasteiger partial charge is 0.138 e. The van der Waals surface area contributed by atoms with Crippen molar-refractivity contribution in [3.63, 3.8) is 0 Å². The van der Waals surface area contributed by atoms with Crippen molar-refractivity contribution >= 4 is 11.6 Å². The molecule has 0 unspecified atom stereocenters. The fourth-order valence-corrected chi connectivity index (χ4v) is 1.33. The Morgan fingerprint density at radius 2 is 2.07 bits per heavy atom. The number of nitrogens with zero attached hydrogens (tertiary/aromatic N) is 1. The summed E-state index contributed by atoms with van der Waals surface area (Å²) in [6, 6.07) is 5.53. The number of pyridine rings is 1. The lowest BCUT2D eigenvalue weighted by Gasteiger charge is -1.99. The van der Waals surface area contributed by atoms with Gasteiger partial charge in [-0.3, -0.25) is 9.78 Å². The number of carbonyl (C=O) groups excluding carboxylic acids is 2.